The minimum absolute atomic E-state index is 0.575. The zero-order chi connectivity index (χ0) is 12.1. The molecule has 2 aromatic carbocycles. The van der Waals surface area contributed by atoms with Gasteiger partial charge in [-0.25, -0.2) is 5.43 Å². The molecular weight excluding hydrogens is 255 g/mol. The first-order valence-electron chi connectivity index (χ1n) is 5.24. The molecule has 0 unspecified atom stereocenters. The van der Waals surface area contributed by atoms with Gasteiger partial charge in [-0.3, -0.25) is 0 Å². The first-order valence-corrected chi connectivity index (χ1v) is 6.00. The Balaban J connectivity index is 1.93. The lowest BCUT2D eigenvalue weighted by Gasteiger charge is -2.10. The van der Waals surface area contributed by atoms with E-state index >= 15 is 0 Å². The molecule has 0 saturated carbocycles. The van der Waals surface area contributed by atoms with Gasteiger partial charge in [0, 0.05) is 12.2 Å². The van der Waals surface area contributed by atoms with Gasteiger partial charge in [-0.05, 0) is 23.8 Å². The minimum Gasteiger partial charge on any atom is -0.321 e. The highest BCUT2D eigenvalue weighted by Crippen LogP contribution is 2.25. The molecule has 0 aliphatic carbocycles. The minimum atomic E-state index is 0.575. The molecule has 0 fully saturated rings. The number of nitrogens with one attached hydrogen (secondary N) is 2. The van der Waals surface area contributed by atoms with Crippen LogP contribution in [0.3, 0.4) is 0 Å². The van der Waals surface area contributed by atoms with E-state index in [0.717, 1.165) is 11.3 Å². The van der Waals surface area contributed by atoms with Crippen molar-refractivity contribution in [1.82, 2.24) is 5.43 Å². The van der Waals surface area contributed by atoms with Gasteiger partial charge in [-0.2, -0.15) is 0 Å². The first kappa shape index (κ1) is 12.2. The summed E-state index contributed by atoms with van der Waals surface area (Å²) in [5, 5.41) is 1.17. The van der Waals surface area contributed by atoms with E-state index in [1.807, 2.05) is 42.5 Å². The van der Waals surface area contributed by atoms with Crippen molar-refractivity contribution in [3.63, 3.8) is 0 Å². The third-order valence-electron chi connectivity index (χ3n) is 2.32. The van der Waals surface area contributed by atoms with Gasteiger partial charge in [0.15, 0.2) is 0 Å². The molecule has 0 radical (unpaired) electrons. The number of para-hydroxylation sites is 1. The van der Waals surface area contributed by atoms with E-state index in [-0.39, 0.29) is 0 Å². The van der Waals surface area contributed by atoms with Crippen molar-refractivity contribution in [1.29, 1.82) is 0 Å². The molecule has 0 atom stereocenters. The summed E-state index contributed by atoms with van der Waals surface area (Å²) in [4.78, 5) is 0. The Kier molecular flexibility index (Phi) is 4.26. The Labute approximate surface area is 111 Å². The summed E-state index contributed by atoms with van der Waals surface area (Å²) in [5.74, 6) is 0. The summed E-state index contributed by atoms with van der Waals surface area (Å²) < 4.78 is 0. The van der Waals surface area contributed by atoms with Crippen molar-refractivity contribution >= 4 is 28.9 Å². The van der Waals surface area contributed by atoms with E-state index in [1.54, 1.807) is 6.07 Å². The Morgan fingerprint density at radius 3 is 2.41 bits per heavy atom. The number of hydrogen-bond acceptors (Lipinski definition) is 2. The summed E-state index contributed by atoms with van der Waals surface area (Å²) in [6, 6.07) is 15.5. The van der Waals surface area contributed by atoms with Gasteiger partial charge in [0.1, 0.15) is 0 Å². The molecule has 0 aromatic heterocycles. The molecule has 2 rings (SSSR count). The van der Waals surface area contributed by atoms with Gasteiger partial charge in [-0.1, -0.05) is 53.5 Å². The van der Waals surface area contributed by atoms with Crippen molar-refractivity contribution in [2.45, 2.75) is 6.54 Å². The fourth-order valence-electron chi connectivity index (χ4n) is 1.45. The third-order valence-corrected chi connectivity index (χ3v) is 3.17. The molecule has 0 aliphatic rings. The fourth-order valence-corrected chi connectivity index (χ4v) is 1.83. The number of hydrazine groups is 1. The van der Waals surface area contributed by atoms with Gasteiger partial charge < -0.3 is 5.43 Å². The van der Waals surface area contributed by atoms with Crippen molar-refractivity contribution in [2.24, 2.45) is 0 Å². The topological polar surface area (TPSA) is 24.1 Å². The molecule has 2 aromatic rings. The van der Waals surface area contributed by atoms with Crippen LogP contribution in [-0.4, -0.2) is 0 Å². The molecular formula is C13H12Cl2N2. The molecule has 2 nitrogen and oxygen atoms in total. The van der Waals surface area contributed by atoms with Crippen molar-refractivity contribution in [2.75, 3.05) is 5.43 Å². The number of halogens is 2. The number of anilines is 1. The largest absolute Gasteiger partial charge is 0.321 e. The average molecular weight is 267 g/mol. The second-order valence-electron chi connectivity index (χ2n) is 3.56. The summed E-state index contributed by atoms with van der Waals surface area (Å²) in [6.07, 6.45) is 0. The smallest absolute Gasteiger partial charge is 0.0637 e. The lowest BCUT2D eigenvalue weighted by molar-refractivity contribution is 0.801. The average Bonchev–Trinajstić information content (AvgIpc) is 2.36. The number of benzene rings is 2. The maximum absolute atomic E-state index is 6.08. The molecule has 17 heavy (non-hydrogen) atoms. The maximum atomic E-state index is 6.08. The Hall–Kier alpha value is -1.22. The molecule has 0 saturated heterocycles. The molecule has 4 heteroatoms. The lowest BCUT2D eigenvalue weighted by Crippen LogP contribution is -2.20. The van der Waals surface area contributed by atoms with Gasteiger partial charge >= 0.3 is 0 Å². The van der Waals surface area contributed by atoms with Crippen LogP contribution in [0.15, 0.2) is 48.5 Å². The normalized spacial score (nSPS) is 10.2. The molecule has 88 valence electrons. The molecule has 2 N–H and O–H groups in total. The highest BCUT2D eigenvalue weighted by atomic mass is 35.5. The Morgan fingerprint density at radius 1 is 0.882 bits per heavy atom. The van der Waals surface area contributed by atoms with Gasteiger partial charge in [-0.15, -0.1) is 0 Å². The summed E-state index contributed by atoms with van der Waals surface area (Å²) in [6.45, 7) is 0.605. The van der Waals surface area contributed by atoms with E-state index in [2.05, 4.69) is 10.9 Å². The van der Waals surface area contributed by atoms with Crippen LogP contribution < -0.4 is 10.9 Å². The van der Waals surface area contributed by atoms with Gasteiger partial charge in [0.25, 0.3) is 0 Å². The van der Waals surface area contributed by atoms with E-state index in [1.165, 1.54) is 0 Å². The van der Waals surface area contributed by atoms with Crippen LogP contribution in [0.25, 0.3) is 0 Å². The highest BCUT2D eigenvalue weighted by Gasteiger charge is 2.03. The molecule has 0 bridgehead atoms. The summed E-state index contributed by atoms with van der Waals surface area (Å²) in [7, 11) is 0. The van der Waals surface area contributed by atoms with Crippen LogP contribution in [0.4, 0.5) is 5.69 Å². The molecule has 0 aliphatic heterocycles. The lowest BCUT2D eigenvalue weighted by atomic mass is 10.2. The van der Waals surface area contributed by atoms with Crippen LogP contribution in [0, 0.1) is 0 Å². The van der Waals surface area contributed by atoms with E-state index in [0.29, 0.717) is 16.6 Å². The van der Waals surface area contributed by atoms with Crippen LogP contribution in [-0.2, 0) is 6.54 Å². The first-order chi connectivity index (χ1) is 8.27. The van der Waals surface area contributed by atoms with Crippen molar-refractivity contribution in [3.8, 4) is 0 Å². The molecule has 0 heterocycles. The van der Waals surface area contributed by atoms with Gasteiger partial charge in [0.2, 0.25) is 0 Å². The second-order valence-corrected chi connectivity index (χ2v) is 4.34. The maximum Gasteiger partial charge on any atom is 0.0637 e. The predicted octanol–water partition coefficient (Wildman–Crippen LogP) is 4.11. The number of hydrogen-bond donors (Lipinski definition) is 2. The monoisotopic (exact) mass is 266 g/mol. The van der Waals surface area contributed by atoms with E-state index < -0.39 is 0 Å². The molecule has 0 amide bonds. The van der Waals surface area contributed by atoms with Crippen LogP contribution >= 0.6 is 23.2 Å². The zero-order valence-electron chi connectivity index (χ0n) is 9.08. The number of rotatable bonds is 4. The van der Waals surface area contributed by atoms with Crippen LogP contribution in [0.1, 0.15) is 5.56 Å². The summed E-state index contributed by atoms with van der Waals surface area (Å²) >= 11 is 12.0. The van der Waals surface area contributed by atoms with Crippen molar-refractivity contribution in [3.05, 3.63) is 64.1 Å². The highest BCUT2D eigenvalue weighted by molar-refractivity contribution is 6.42. The van der Waals surface area contributed by atoms with E-state index in [9.17, 15) is 0 Å². The SMILES string of the molecule is Clc1cccc(CNNc2ccccc2)c1Cl. The Morgan fingerprint density at radius 2 is 1.65 bits per heavy atom. The predicted molar refractivity (Wildman–Crippen MR) is 73.4 cm³/mol. The quantitative estimate of drug-likeness (QED) is 0.814. The second kappa shape index (κ2) is 5.92. The standard InChI is InChI=1S/C13H12Cl2N2/c14-12-8-4-5-10(13(12)15)9-16-17-11-6-2-1-3-7-11/h1-8,16-17H,9H2. The van der Waals surface area contributed by atoms with E-state index in [4.69, 9.17) is 23.2 Å². The molecule has 0 spiro atoms. The fraction of sp³-hybridized carbons (Fsp3) is 0.0769. The third kappa shape index (κ3) is 3.37. The van der Waals surface area contributed by atoms with Crippen LogP contribution in [0.2, 0.25) is 10.0 Å². The Bertz CT molecular complexity index is 486. The zero-order valence-corrected chi connectivity index (χ0v) is 10.6. The summed E-state index contributed by atoms with van der Waals surface area (Å²) in [5.41, 5.74) is 8.15. The van der Waals surface area contributed by atoms with Crippen LogP contribution in [0.5, 0.6) is 0 Å². The van der Waals surface area contributed by atoms with Crippen molar-refractivity contribution < 1.29 is 0 Å². The van der Waals surface area contributed by atoms with Gasteiger partial charge in [0.05, 0.1) is 10.0 Å².